The van der Waals surface area contributed by atoms with Crippen molar-refractivity contribution in [1.82, 2.24) is 10.2 Å². The van der Waals surface area contributed by atoms with Crippen LogP contribution in [0.4, 0.5) is 0 Å². The first-order valence-electron chi connectivity index (χ1n) is 7.39. The fourth-order valence-corrected chi connectivity index (χ4v) is 3.49. The van der Waals surface area contributed by atoms with Crippen molar-refractivity contribution in [2.24, 2.45) is 0 Å². The van der Waals surface area contributed by atoms with E-state index < -0.39 is 0 Å². The van der Waals surface area contributed by atoms with Crippen LogP contribution in [-0.4, -0.2) is 30.4 Å². The van der Waals surface area contributed by atoms with Crippen LogP contribution in [-0.2, 0) is 11.2 Å². The van der Waals surface area contributed by atoms with E-state index in [-0.39, 0.29) is 11.9 Å². The maximum absolute atomic E-state index is 12.0. The van der Waals surface area contributed by atoms with Gasteiger partial charge in [-0.15, -0.1) is 11.3 Å². The van der Waals surface area contributed by atoms with Gasteiger partial charge in [0.2, 0.25) is 5.91 Å². The zero-order chi connectivity index (χ0) is 14.5. The number of carbonyl (C=O) groups excluding carboxylic acids is 1. The second kappa shape index (κ2) is 6.91. The van der Waals surface area contributed by atoms with Crippen LogP contribution in [0.15, 0.2) is 40.3 Å². The third-order valence-corrected chi connectivity index (χ3v) is 4.74. The highest BCUT2D eigenvalue weighted by molar-refractivity contribution is 7.10. The average molecular weight is 304 g/mol. The maximum Gasteiger partial charge on any atom is 0.225 e. The van der Waals surface area contributed by atoms with Crippen molar-refractivity contribution in [2.75, 3.05) is 19.6 Å². The topological polar surface area (TPSA) is 45.5 Å². The Balaban J connectivity index is 1.58. The fraction of sp³-hybridized carbons (Fsp3) is 0.438. The summed E-state index contributed by atoms with van der Waals surface area (Å²) in [6, 6.07) is 8.02. The Morgan fingerprint density at radius 1 is 1.33 bits per heavy atom. The molecule has 1 saturated heterocycles. The van der Waals surface area contributed by atoms with Crippen LogP contribution in [0, 0.1) is 0 Å². The molecule has 1 atom stereocenters. The van der Waals surface area contributed by atoms with Crippen LogP contribution in [0.2, 0.25) is 0 Å². The van der Waals surface area contributed by atoms with E-state index in [9.17, 15) is 4.79 Å². The largest absolute Gasteiger partial charge is 0.468 e. The Morgan fingerprint density at radius 2 is 2.19 bits per heavy atom. The third-order valence-electron chi connectivity index (χ3n) is 3.86. The summed E-state index contributed by atoms with van der Waals surface area (Å²) in [5, 5.41) is 5.05. The van der Waals surface area contributed by atoms with Gasteiger partial charge < -0.3 is 9.73 Å². The normalized spacial score (nSPS) is 17.0. The van der Waals surface area contributed by atoms with Crippen molar-refractivity contribution in [3.05, 3.63) is 46.5 Å². The maximum atomic E-state index is 12.0. The van der Waals surface area contributed by atoms with Crippen molar-refractivity contribution in [2.45, 2.75) is 25.3 Å². The van der Waals surface area contributed by atoms with Crippen molar-refractivity contribution >= 4 is 17.2 Å². The Kier molecular flexibility index (Phi) is 4.72. The van der Waals surface area contributed by atoms with Crippen molar-refractivity contribution in [3.8, 4) is 0 Å². The molecule has 1 aliphatic heterocycles. The summed E-state index contributed by atoms with van der Waals surface area (Å²) in [5.41, 5.74) is 0. The summed E-state index contributed by atoms with van der Waals surface area (Å²) >= 11 is 1.62. The van der Waals surface area contributed by atoms with E-state index in [0.29, 0.717) is 13.0 Å². The molecule has 0 saturated carbocycles. The van der Waals surface area contributed by atoms with Crippen LogP contribution in [0.25, 0.3) is 0 Å². The smallest absolute Gasteiger partial charge is 0.225 e. The molecule has 0 bridgehead atoms. The van der Waals surface area contributed by atoms with Crippen molar-refractivity contribution in [1.29, 1.82) is 0 Å². The number of hydrogen-bond donors (Lipinski definition) is 1. The number of rotatable bonds is 6. The molecule has 112 valence electrons. The zero-order valence-electron chi connectivity index (χ0n) is 12.0. The predicted molar refractivity (Wildman–Crippen MR) is 83.3 cm³/mol. The van der Waals surface area contributed by atoms with Crippen LogP contribution in [0.1, 0.15) is 29.5 Å². The fourth-order valence-electron chi connectivity index (χ4n) is 2.79. The summed E-state index contributed by atoms with van der Waals surface area (Å²) in [7, 11) is 0. The molecule has 1 amide bonds. The minimum Gasteiger partial charge on any atom is -0.468 e. The molecule has 1 N–H and O–H groups in total. The van der Waals surface area contributed by atoms with Gasteiger partial charge in [0.05, 0.1) is 18.7 Å². The molecule has 3 heterocycles. The summed E-state index contributed by atoms with van der Waals surface area (Å²) in [6.45, 7) is 2.76. The SMILES string of the molecule is O=C(Cc1cccs1)NCC(c1ccco1)N1CCCC1. The van der Waals surface area contributed by atoms with Gasteiger partial charge in [-0.2, -0.15) is 0 Å². The monoisotopic (exact) mass is 304 g/mol. The Hall–Kier alpha value is -1.59. The van der Waals surface area contributed by atoms with Crippen LogP contribution >= 0.6 is 11.3 Å². The minimum atomic E-state index is 0.0770. The minimum absolute atomic E-state index is 0.0770. The highest BCUT2D eigenvalue weighted by atomic mass is 32.1. The lowest BCUT2D eigenvalue weighted by molar-refractivity contribution is -0.120. The van der Waals surface area contributed by atoms with Gasteiger partial charge in [-0.05, 0) is 49.5 Å². The molecule has 0 aromatic carbocycles. The van der Waals surface area contributed by atoms with Gasteiger partial charge >= 0.3 is 0 Å². The van der Waals surface area contributed by atoms with Crippen LogP contribution < -0.4 is 5.32 Å². The van der Waals surface area contributed by atoms with E-state index in [4.69, 9.17) is 4.42 Å². The van der Waals surface area contributed by atoms with E-state index in [1.807, 2.05) is 29.6 Å². The van der Waals surface area contributed by atoms with E-state index in [1.165, 1.54) is 12.8 Å². The predicted octanol–water partition coefficient (Wildman–Crippen LogP) is 2.84. The highest BCUT2D eigenvalue weighted by Gasteiger charge is 2.25. The summed E-state index contributed by atoms with van der Waals surface area (Å²) in [6.07, 6.45) is 4.61. The van der Waals surface area contributed by atoms with Gasteiger partial charge in [0, 0.05) is 11.4 Å². The second-order valence-corrected chi connectivity index (χ2v) is 6.37. The zero-order valence-corrected chi connectivity index (χ0v) is 12.8. The van der Waals surface area contributed by atoms with E-state index in [2.05, 4.69) is 10.2 Å². The van der Waals surface area contributed by atoms with Crippen molar-refractivity contribution < 1.29 is 9.21 Å². The molecule has 2 aromatic heterocycles. The lowest BCUT2D eigenvalue weighted by Crippen LogP contribution is -2.37. The van der Waals surface area contributed by atoms with Gasteiger partial charge in [-0.1, -0.05) is 6.07 Å². The standard InChI is InChI=1S/C16H20N2O2S/c19-16(11-13-5-4-10-21-13)17-12-14(15-6-3-9-20-15)18-7-1-2-8-18/h3-6,9-10,14H,1-2,7-8,11-12H2,(H,17,19). The molecular weight excluding hydrogens is 284 g/mol. The number of amides is 1. The molecule has 1 aliphatic rings. The van der Waals surface area contributed by atoms with Gasteiger partial charge in [-0.25, -0.2) is 0 Å². The Labute approximate surface area is 128 Å². The molecule has 1 fully saturated rings. The Morgan fingerprint density at radius 3 is 2.86 bits per heavy atom. The van der Waals surface area contributed by atoms with Crippen molar-refractivity contribution in [3.63, 3.8) is 0 Å². The van der Waals surface area contributed by atoms with Gasteiger partial charge in [0.25, 0.3) is 0 Å². The van der Waals surface area contributed by atoms with Crippen LogP contribution in [0.5, 0.6) is 0 Å². The first-order chi connectivity index (χ1) is 10.3. The summed E-state index contributed by atoms with van der Waals surface area (Å²) < 4.78 is 5.56. The molecule has 3 rings (SSSR count). The number of nitrogens with one attached hydrogen (secondary N) is 1. The number of furan rings is 1. The number of hydrogen-bond acceptors (Lipinski definition) is 4. The molecule has 1 unspecified atom stereocenters. The summed E-state index contributed by atoms with van der Waals surface area (Å²) in [4.78, 5) is 15.5. The number of likely N-dealkylation sites (tertiary alicyclic amines) is 1. The van der Waals surface area contributed by atoms with Gasteiger partial charge in [0.15, 0.2) is 0 Å². The molecule has 21 heavy (non-hydrogen) atoms. The lowest BCUT2D eigenvalue weighted by Gasteiger charge is -2.25. The third kappa shape index (κ3) is 3.74. The number of nitrogens with zero attached hydrogens (tertiary/aromatic N) is 1. The molecule has 2 aromatic rings. The Bertz CT molecular complexity index is 545. The van der Waals surface area contributed by atoms with Crippen LogP contribution in [0.3, 0.4) is 0 Å². The van der Waals surface area contributed by atoms with Gasteiger partial charge in [-0.3, -0.25) is 9.69 Å². The average Bonchev–Trinajstić information content (AvgIpc) is 3.23. The highest BCUT2D eigenvalue weighted by Crippen LogP contribution is 2.24. The van der Waals surface area contributed by atoms with E-state index in [1.54, 1.807) is 17.6 Å². The first kappa shape index (κ1) is 14.4. The quantitative estimate of drug-likeness (QED) is 0.892. The molecule has 0 radical (unpaired) electrons. The van der Waals surface area contributed by atoms with Gasteiger partial charge in [0.1, 0.15) is 5.76 Å². The van der Waals surface area contributed by atoms with E-state index >= 15 is 0 Å². The number of carbonyl (C=O) groups is 1. The summed E-state index contributed by atoms with van der Waals surface area (Å²) in [5.74, 6) is 1.02. The lowest BCUT2D eigenvalue weighted by atomic mass is 10.2. The van der Waals surface area contributed by atoms with E-state index in [0.717, 1.165) is 23.7 Å². The second-order valence-electron chi connectivity index (χ2n) is 5.33. The molecule has 0 spiro atoms. The first-order valence-corrected chi connectivity index (χ1v) is 8.27. The molecule has 5 heteroatoms. The molecule has 0 aliphatic carbocycles. The number of thiophene rings is 1. The molecule has 4 nitrogen and oxygen atoms in total. The molecular formula is C16H20N2O2S.